The van der Waals surface area contributed by atoms with E-state index in [9.17, 15) is 15.1 Å². The van der Waals surface area contributed by atoms with Crippen LogP contribution in [0.15, 0.2) is 42.5 Å². The van der Waals surface area contributed by atoms with E-state index in [2.05, 4.69) is 4.74 Å². The maximum atomic E-state index is 11.2. The summed E-state index contributed by atoms with van der Waals surface area (Å²) in [6.07, 6.45) is 2.40. The minimum Gasteiger partial charge on any atom is -0.451 e. The van der Waals surface area contributed by atoms with Gasteiger partial charge in [-0.2, -0.15) is 5.06 Å². The molecule has 0 aliphatic heterocycles. The summed E-state index contributed by atoms with van der Waals surface area (Å²) in [5.74, 6) is -0.167. The Morgan fingerprint density at radius 3 is 2.77 bits per heavy atom. The number of carbonyl (C=O) groups excluding carboxylic acids is 1. The Kier molecular flexibility index (Phi) is 5.94. The Hall–Kier alpha value is -1.89. The quantitative estimate of drug-likeness (QED) is 0.477. The normalized spacial score (nSPS) is 21.6. The second kappa shape index (κ2) is 7.93. The van der Waals surface area contributed by atoms with Crippen LogP contribution in [0.2, 0.25) is 0 Å². The first-order valence-electron chi connectivity index (χ1n) is 7.16. The van der Waals surface area contributed by atoms with Crippen LogP contribution in [0.5, 0.6) is 0 Å². The summed E-state index contributed by atoms with van der Waals surface area (Å²) in [5.41, 5.74) is 1.04. The third-order valence-electron chi connectivity index (χ3n) is 3.66. The number of hydroxylamine groups is 2. The molecule has 1 aromatic carbocycles. The van der Waals surface area contributed by atoms with Gasteiger partial charge in [0.25, 0.3) is 0 Å². The van der Waals surface area contributed by atoms with E-state index in [1.807, 2.05) is 30.3 Å². The van der Waals surface area contributed by atoms with Gasteiger partial charge in [-0.15, -0.1) is 0 Å². The highest BCUT2D eigenvalue weighted by atomic mass is 16.6. The van der Waals surface area contributed by atoms with E-state index in [4.69, 9.17) is 4.74 Å². The lowest BCUT2D eigenvalue weighted by molar-refractivity contribution is -0.0928. The molecule has 0 saturated carbocycles. The molecule has 0 radical (unpaired) electrons. The average Bonchev–Trinajstić information content (AvgIpc) is 3.04. The van der Waals surface area contributed by atoms with Crippen molar-refractivity contribution in [2.75, 3.05) is 13.7 Å². The average molecular weight is 307 g/mol. The number of hydrogen-bond acceptors (Lipinski definition) is 5. The molecule has 1 aliphatic rings. The van der Waals surface area contributed by atoms with Gasteiger partial charge in [-0.25, -0.2) is 4.79 Å². The summed E-state index contributed by atoms with van der Waals surface area (Å²) in [6.45, 7) is 0.631. The summed E-state index contributed by atoms with van der Waals surface area (Å²) in [4.78, 5) is 11.2. The number of methoxy groups -OCH3 is 1. The van der Waals surface area contributed by atoms with Crippen molar-refractivity contribution in [2.45, 2.75) is 25.2 Å². The monoisotopic (exact) mass is 307 g/mol. The largest absolute Gasteiger partial charge is 0.451 e. The van der Waals surface area contributed by atoms with Gasteiger partial charge in [0, 0.05) is 5.92 Å². The van der Waals surface area contributed by atoms with E-state index in [-0.39, 0.29) is 12.5 Å². The number of hydrogen-bond donors (Lipinski definition) is 2. The van der Waals surface area contributed by atoms with Crippen molar-refractivity contribution >= 4 is 6.09 Å². The molecule has 1 aromatic rings. The molecule has 2 N–H and O–H groups in total. The first kappa shape index (κ1) is 16.5. The molecule has 1 amide bonds. The molecule has 2 rings (SSSR count). The van der Waals surface area contributed by atoms with E-state index in [1.165, 1.54) is 7.11 Å². The van der Waals surface area contributed by atoms with Crippen LogP contribution in [0, 0.1) is 5.92 Å². The lowest BCUT2D eigenvalue weighted by Crippen LogP contribution is -2.36. The SMILES string of the molecule is COC(=O)N(O)[C@H]1C=C[C@@H](C(O)COCc2ccccc2)C1. The third kappa shape index (κ3) is 4.30. The smallest absolute Gasteiger partial charge is 0.434 e. The van der Waals surface area contributed by atoms with Crippen LogP contribution < -0.4 is 0 Å². The Balaban J connectivity index is 1.74. The van der Waals surface area contributed by atoms with Gasteiger partial charge in [0.2, 0.25) is 0 Å². The fraction of sp³-hybridized carbons (Fsp3) is 0.438. The fourth-order valence-electron chi connectivity index (χ4n) is 2.40. The number of aliphatic hydroxyl groups excluding tert-OH is 1. The molecule has 6 heteroatoms. The molecule has 1 unspecified atom stereocenters. The highest BCUT2D eigenvalue weighted by molar-refractivity contribution is 5.66. The van der Waals surface area contributed by atoms with Crippen LogP contribution in [0.25, 0.3) is 0 Å². The van der Waals surface area contributed by atoms with Crippen molar-refractivity contribution in [3.8, 4) is 0 Å². The lowest BCUT2D eigenvalue weighted by Gasteiger charge is -2.22. The Morgan fingerprint density at radius 2 is 2.09 bits per heavy atom. The molecule has 1 aliphatic carbocycles. The molecule has 120 valence electrons. The zero-order valence-electron chi connectivity index (χ0n) is 12.5. The van der Waals surface area contributed by atoms with E-state index in [0.29, 0.717) is 18.1 Å². The van der Waals surface area contributed by atoms with Crippen molar-refractivity contribution in [1.29, 1.82) is 0 Å². The number of benzene rings is 1. The van der Waals surface area contributed by atoms with Crippen molar-refractivity contribution < 1.29 is 24.6 Å². The predicted molar refractivity (Wildman–Crippen MR) is 79.2 cm³/mol. The highest BCUT2D eigenvalue weighted by Crippen LogP contribution is 2.25. The number of ether oxygens (including phenoxy) is 2. The maximum absolute atomic E-state index is 11.2. The van der Waals surface area contributed by atoms with Crippen molar-refractivity contribution in [3.63, 3.8) is 0 Å². The first-order valence-corrected chi connectivity index (χ1v) is 7.16. The summed E-state index contributed by atoms with van der Waals surface area (Å²) >= 11 is 0. The summed E-state index contributed by atoms with van der Waals surface area (Å²) in [7, 11) is 1.20. The van der Waals surface area contributed by atoms with Crippen molar-refractivity contribution in [2.24, 2.45) is 5.92 Å². The summed E-state index contributed by atoms with van der Waals surface area (Å²) in [6, 6.07) is 9.23. The Labute approximate surface area is 129 Å². The molecule has 6 nitrogen and oxygen atoms in total. The first-order chi connectivity index (χ1) is 10.6. The molecular weight excluding hydrogens is 286 g/mol. The van der Waals surface area contributed by atoms with Gasteiger partial charge in [0.15, 0.2) is 0 Å². The predicted octanol–water partition coefficient (Wildman–Crippen LogP) is 1.97. The van der Waals surface area contributed by atoms with Gasteiger partial charge in [-0.1, -0.05) is 42.5 Å². The highest BCUT2D eigenvalue weighted by Gasteiger charge is 2.31. The summed E-state index contributed by atoms with van der Waals surface area (Å²) < 4.78 is 9.96. The fourth-order valence-corrected chi connectivity index (χ4v) is 2.40. The molecule has 0 fully saturated rings. The lowest BCUT2D eigenvalue weighted by atomic mass is 10.0. The van der Waals surface area contributed by atoms with E-state index < -0.39 is 18.2 Å². The maximum Gasteiger partial charge on any atom is 0.434 e. The second-order valence-corrected chi connectivity index (χ2v) is 5.23. The number of nitrogens with zero attached hydrogens (tertiary/aromatic N) is 1. The summed E-state index contributed by atoms with van der Waals surface area (Å²) in [5, 5.41) is 20.3. The van der Waals surface area contributed by atoms with E-state index >= 15 is 0 Å². The number of amides is 1. The van der Waals surface area contributed by atoms with Gasteiger partial charge in [0.1, 0.15) is 0 Å². The van der Waals surface area contributed by atoms with Gasteiger partial charge in [0.05, 0.1) is 32.5 Å². The molecule has 22 heavy (non-hydrogen) atoms. The molecular formula is C16H21NO5. The third-order valence-corrected chi connectivity index (χ3v) is 3.66. The van der Waals surface area contributed by atoms with Crippen molar-refractivity contribution in [1.82, 2.24) is 5.06 Å². The van der Waals surface area contributed by atoms with E-state index in [0.717, 1.165) is 5.56 Å². The van der Waals surface area contributed by atoms with Crippen molar-refractivity contribution in [3.05, 3.63) is 48.0 Å². The van der Waals surface area contributed by atoms with Gasteiger partial charge in [-0.05, 0) is 12.0 Å². The minimum atomic E-state index is -0.815. The molecule has 0 spiro atoms. The molecule has 3 atom stereocenters. The zero-order chi connectivity index (χ0) is 15.9. The van der Waals surface area contributed by atoms with E-state index in [1.54, 1.807) is 12.2 Å². The van der Waals surface area contributed by atoms with Crippen LogP contribution in [-0.4, -0.2) is 47.3 Å². The van der Waals surface area contributed by atoms with Gasteiger partial charge >= 0.3 is 6.09 Å². The number of carbonyl (C=O) groups is 1. The Morgan fingerprint density at radius 1 is 1.36 bits per heavy atom. The van der Waals surface area contributed by atoms with Crippen LogP contribution >= 0.6 is 0 Å². The number of aliphatic hydroxyl groups is 1. The van der Waals surface area contributed by atoms with Crippen LogP contribution in [0.1, 0.15) is 12.0 Å². The number of rotatable bonds is 6. The molecule has 0 heterocycles. The molecule has 0 aromatic heterocycles. The van der Waals surface area contributed by atoms with Gasteiger partial charge < -0.3 is 14.6 Å². The molecule has 0 bridgehead atoms. The Bertz CT molecular complexity index is 505. The zero-order valence-corrected chi connectivity index (χ0v) is 12.5. The standard InChI is InChI=1S/C16H21NO5/c1-21-16(19)17(20)14-8-7-13(9-14)15(18)11-22-10-12-5-3-2-4-6-12/h2-8,13-15,18,20H,9-11H2,1H3/t13-,14+,15?/m1/s1. The molecule has 0 saturated heterocycles. The van der Waals surface area contributed by atoms with Crippen LogP contribution in [0.4, 0.5) is 4.79 Å². The second-order valence-electron chi connectivity index (χ2n) is 5.23. The van der Waals surface area contributed by atoms with Crippen LogP contribution in [0.3, 0.4) is 0 Å². The van der Waals surface area contributed by atoms with Gasteiger partial charge in [-0.3, -0.25) is 5.21 Å². The topological polar surface area (TPSA) is 79.2 Å². The van der Waals surface area contributed by atoms with Crippen LogP contribution in [-0.2, 0) is 16.1 Å². The minimum absolute atomic E-state index is 0.167.